The Balaban J connectivity index is 1.51. The van der Waals surface area contributed by atoms with Crippen LogP contribution in [0.25, 0.3) is 0 Å². The molecule has 3 aromatic rings. The van der Waals surface area contributed by atoms with Gasteiger partial charge in [-0.05, 0) is 26.0 Å². The number of nitrogens with zero attached hydrogens (tertiary/aromatic N) is 3. The van der Waals surface area contributed by atoms with Gasteiger partial charge >= 0.3 is 0 Å². The van der Waals surface area contributed by atoms with Crippen LogP contribution in [0.2, 0.25) is 0 Å². The van der Waals surface area contributed by atoms with Gasteiger partial charge in [-0.2, -0.15) is 10.1 Å². The number of ether oxygens (including phenoxy) is 1. The molecule has 3 rings (SSSR count). The quantitative estimate of drug-likeness (QED) is 0.628. The van der Waals surface area contributed by atoms with E-state index in [1.807, 2.05) is 13.8 Å². The van der Waals surface area contributed by atoms with Gasteiger partial charge in [0.05, 0.1) is 5.69 Å². The van der Waals surface area contributed by atoms with Crippen molar-refractivity contribution in [3.63, 3.8) is 0 Å². The van der Waals surface area contributed by atoms with Gasteiger partial charge in [-0.25, -0.2) is 0 Å². The molecule has 0 saturated heterocycles. The minimum absolute atomic E-state index is 0.268. The lowest BCUT2D eigenvalue weighted by Gasteiger charge is -2.01. The number of furan rings is 1. The highest BCUT2D eigenvalue weighted by molar-refractivity contribution is 5.91. The van der Waals surface area contributed by atoms with Gasteiger partial charge < -0.3 is 19.0 Å². The summed E-state index contributed by atoms with van der Waals surface area (Å²) in [5, 5.41) is 13.7. The number of carbonyl (C=O) groups is 1. The molecule has 3 aromatic heterocycles. The predicted octanol–water partition coefficient (Wildman–Crippen LogP) is 1.71. The van der Waals surface area contributed by atoms with Gasteiger partial charge in [-0.15, -0.1) is 0 Å². The van der Waals surface area contributed by atoms with E-state index in [2.05, 4.69) is 25.7 Å². The van der Waals surface area contributed by atoms with Crippen LogP contribution in [0, 0.1) is 13.8 Å². The molecule has 0 spiro atoms. The van der Waals surface area contributed by atoms with E-state index in [1.54, 1.807) is 19.2 Å². The van der Waals surface area contributed by atoms with Gasteiger partial charge in [0.15, 0.2) is 11.6 Å². The van der Waals surface area contributed by atoms with Crippen molar-refractivity contribution >= 4 is 5.91 Å². The third-order valence-corrected chi connectivity index (χ3v) is 3.93. The Morgan fingerprint density at radius 3 is 2.92 bits per heavy atom. The summed E-state index contributed by atoms with van der Waals surface area (Å²) in [5.74, 6) is 1.63. The second-order valence-corrected chi connectivity index (χ2v) is 5.90. The predicted molar refractivity (Wildman–Crippen MR) is 90.6 cm³/mol. The Morgan fingerprint density at radius 1 is 1.35 bits per heavy atom. The van der Waals surface area contributed by atoms with Crippen molar-refractivity contribution in [2.24, 2.45) is 0 Å². The molecule has 0 saturated carbocycles. The highest BCUT2D eigenvalue weighted by atomic mass is 16.5. The van der Waals surface area contributed by atoms with Crippen LogP contribution in [0.15, 0.2) is 21.1 Å². The van der Waals surface area contributed by atoms with Crippen LogP contribution in [-0.2, 0) is 24.2 Å². The van der Waals surface area contributed by atoms with E-state index >= 15 is 0 Å². The summed E-state index contributed by atoms with van der Waals surface area (Å²) in [5.41, 5.74) is 3.01. The fourth-order valence-electron chi connectivity index (χ4n) is 2.55. The third kappa shape index (κ3) is 4.17. The van der Waals surface area contributed by atoms with E-state index in [-0.39, 0.29) is 18.3 Å². The summed E-state index contributed by atoms with van der Waals surface area (Å²) >= 11 is 0. The van der Waals surface area contributed by atoms with Crippen molar-refractivity contribution in [1.29, 1.82) is 0 Å². The number of H-pyrrole nitrogens is 1. The minimum Gasteiger partial charge on any atom is -0.456 e. The zero-order chi connectivity index (χ0) is 18.5. The van der Waals surface area contributed by atoms with E-state index in [0.717, 1.165) is 17.0 Å². The van der Waals surface area contributed by atoms with Gasteiger partial charge in [-0.1, -0.05) is 5.16 Å². The number of aromatic nitrogens is 4. The molecule has 0 radical (unpaired) electrons. The van der Waals surface area contributed by atoms with E-state index in [9.17, 15) is 4.79 Å². The molecule has 0 atom stereocenters. The minimum atomic E-state index is -0.280. The number of aryl methyl sites for hydroxylation is 2. The van der Waals surface area contributed by atoms with E-state index in [0.29, 0.717) is 36.9 Å². The fourth-order valence-corrected chi connectivity index (χ4v) is 2.55. The Hall–Kier alpha value is -2.94. The first-order chi connectivity index (χ1) is 12.6. The molecule has 0 aliphatic carbocycles. The molecule has 0 bridgehead atoms. The average Bonchev–Trinajstić information content (AvgIpc) is 3.33. The Bertz CT molecular complexity index is 860. The number of amides is 1. The summed E-state index contributed by atoms with van der Waals surface area (Å²) in [6, 6.07) is 3.47. The molecule has 0 unspecified atom stereocenters. The second-order valence-electron chi connectivity index (χ2n) is 5.90. The molecule has 3 heterocycles. The molecular weight excluding hydrogens is 338 g/mol. The van der Waals surface area contributed by atoms with Gasteiger partial charge in [0, 0.05) is 37.8 Å². The molecule has 0 aliphatic rings. The van der Waals surface area contributed by atoms with E-state index < -0.39 is 0 Å². The van der Waals surface area contributed by atoms with Gasteiger partial charge in [0.1, 0.15) is 12.4 Å². The van der Waals surface area contributed by atoms with E-state index in [4.69, 9.17) is 13.7 Å². The summed E-state index contributed by atoms with van der Waals surface area (Å²) in [6.45, 7) is 4.54. The first-order valence-corrected chi connectivity index (χ1v) is 8.24. The smallest absolute Gasteiger partial charge is 0.287 e. The largest absolute Gasteiger partial charge is 0.456 e. The molecule has 138 valence electrons. The normalized spacial score (nSPS) is 11.0. The van der Waals surface area contributed by atoms with Crippen LogP contribution in [0.5, 0.6) is 0 Å². The summed E-state index contributed by atoms with van der Waals surface area (Å²) in [6.07, 6.45) is 1.05. The molecule has 26 heavy (non-hydrogen) atoms. The SMILES string of the molecule is COCc1nc(CCNC(=O)c2ccc(Cc3c(C)n[nH]c3C)o2)no1. The molecule has 0 aliphatic heterocycles. The van der Waals surface area contributed by atoms with Crippen molar-refractivity contribution in [2.75, 3.05) is 13.7 Å². The number of carbonyl (C=O) groups excluding carboxylic acids is 1. The number of hydrogen-bond donors (Lipinski definition) is 2. The fraction of sp³-hybridized carbons (Fsp3) is 0.412. The standard InChI is InChI=1S/C17H21N5O4/c1-10-13(11(2)21-20-10)8-12-4-5-14(25-12)17(23)18-7-6-15-19-16(9-24-3)26-22-15/h4-5H,6-9H2,1-3H3,(H,18,23)(H,20,21). The topological polar surface area (TPSA) is 119 Å². The molecule has 0 aromatic carbocycles. The first kappa shape index (κ1) is 17.9. The van der Waals surface area contributed by atoms with Crippen molar-refractivity contribution in [3.8, 4) is 0 Å². The second kappa shape index (κ2) is 7.96. The maximum absolute atomic E-state index is 12.2. The lowest BCUT2D eigenvalue weighted by Crippen LogP contribution is -2.25. The molecule has 0 fully saturated rings. The van der Waals surface area contributed by atoms with Crippen LogP contribution in [-0.4, -0.2) is 39.9 Å². The zero-order valence-electron chi connectivity index (χ0n) is 15.0. The van der Waals surface area contributed by atoms with Gasteiger partial charge in [-0.3, -0.25) is 9.89 Å². The van der Waals surface area contributed by atoms with Crippen LogP contribution in [0.1, 0.15) is 45.0 Å². The number of methoxy groups -OCH3 is 1. The summed E-state index contributed by atoms with van der Waals surface area (Å²) < 4.78 is 15.6. The van der Waals surface area contributed by atoms with Crippen molar-refractivity contribution in [3.05, 3.63) is 52.3 Å². The molecule has 9 nitrogen and oxygen atoms in total. The lowest BCUT2D eigenvalue weighted by atomic mass is 10.1. The maximum atomic E-state index is 12.2. The van der Waals surface area contributed by atoms with Crippen LogP contribution < -0.4 is 5.32 Å². The van der Waals surface area contributed by atoms with Crippen LogP contribution in [0.3, 0.4) is 0 Å². The maximum Gasteiger partial charge on any atom is 0.287 e. The van der Waals surface area contributed by atoms with Crippen LogP contribution in [0.4, 0.5) is 0 Å². The highest BCUT2D eigenvalue weighted by Gasteiger charge is 2.14. The molecule has 9 heteroatoms. The molecule has 1 amide bonds. The van der Waals surface area contributed by atoms with Gasteiger partial charge in [0.25, 0.3) is 11.8 Å². The number of rotatable bonds is 8. The number of hydrogen-bond acceptors (Lipinski definition) is 7. The lowest BCUT2D eigenvalue weighted by molar-refractivity contribution is 0.0924. The Kier molecular flexibility index (Phi) is 5.47. The molecule has 2 N–H and O–H groups in total. The zero-order valence-corrected chi connectivity index (χ0v) is 15.0. The molecular formula is C17H21N5O4. The average molecular weight is 359 g/mol. The number of nitrogens with one attached hydrogen (secondary N) is 2. The monoisotopic (exact) mass is 359 g/mol. The number of aromatic amines is 1. The summed E-state index contributed by atoms with van der Waals surface area (Å²) in [4.78, 5) is 16.3. The van der Waals surface area contributed by atoms with E-state index in [1.165, 1.54) is 0 Å². The Labute approximate surface area is 150 Å². The third-order valence-electron chi connectivity index (χ3n) is 3.93. The van der Waals surface area contributed by atoms with Crippen molar-refractivity contribution in [2.45, 2.75) is 33.3 Å². The van der Waals surface area contributed by atoms with Crippen molar-refractivity contribution < 1.29 is 18.5 Å². The Morgan fingerprint density at radius 2 is 2.19 bits per heavy atom. The van der Waals surface area contributed by atoms with Gasteiger partial charge in [0.2, 0.25) is 0 Å². The van der Waals surface area contributed by atoms with Crippen molar-refractivity contribution in [1.82, 2.24) is 25.7 Å². The highest BCUT2D eigenvalue weighted by Crippen LogP contribution is 2.17. The first-order valence-electron chi connectivity index (χ1n) is 8.24. The summed E-state index contributed by atoms with van der Waals surface area (Å²) in [7, 11) is 1.55. The van der Waals surface area contributed by atoms with Crippen LogP contribution >= 0.6 is 0 Å².